The van der Waals surface area contributed by atoms with Gasteiger partial charge < -0.3 is 0 Å². The molecule has 3 aromatic carbocycles. The highest BCUT2D eigenvalue weighted by molar-refractivity contribution is 8.01. The largest absolute Gasteiger partial charge is 0.292 e. The first-order chi connectivity index (χ1) is 14.2. The highest BCUT2D eigenvalue weighted by Crippen LogP contribution is 2.28. The van der Waals surface area contributed by atoms with Crippen molar-refractivity contribution in [2.45, 2.75) is 10.4 Å². The van der Waals surface area contributed by atoms with Crippen LogP contribution in [0.15, 0.2) is 96.2 Å². The van der Waals surface area contributed by atoms with Crippen LogP contribution in [-0.4, -0.2) is 37.0 Å². The highest BCUT2D eigenvalue weighted by Gasteiger charge is 2.31. The van der Waals surface area contributed by atoms with Gasteiger partial charge in [-0.25, -0.2) is 0 Å². The van der Waals surface area contributed by atoms with Crippen LogP contribution in [0.3, 0.4) is 0 Å². The van der Waals surface area contributed by atoms with E-state index in [9.17, 15) is 9.59 Å². The summed E-state index contributed by atoms with van der Waals surface area (Å²) in [6.07, 6.45) is 0. The SMILES string of the molecule is O=C(c1ccccc1)C(Sc1nnnn1-c1ccccc1)C(=O)c1ccccc1. The van der Waals surface area contributed by atoms with E-state index >= 15 is 0 Å². The minimum Gasteiger partial charge on any atom is -0.292 e. The van der Waals surface area contributed by atoms with Crippen molar-refractivity contribution < 1.29 is 9.59 Å². The standard InChI is InChI=1S/C22H16N4O2S/c27-19(16-10-4-1-5-11-16)21(20(28)17-12-6-2-7-13-17)29-22-23-24-25-26(22)18-14-8-3-9-15-18/h1-15,21H. The number of carbonyl (C=O) groups is 2. The van der Waals surface area contributed by atoms with Crippen molar-refractivity contribution in [1.82, 2.24) is 20.2 Å². The van der Waals surface area contributed by atoms with Crippen molar-refractivity contribution in [2.24, 2.45) is 0 Å². The monoisotopic (exact) mass is 400 g/mol. The van der Waals surface area contributed by atoms with Crippen LogP contribution in [0.5, 0.6) is 0 Å². The molecule has 4 rings (SSSR count). The molecule has 0 aliphatic carbocycles. The second-order valence-corrected chi connectivity index (χ2v) is 7.24. The van der Waals surface area contributed by atoms with Crippen molar-refractivity contribution in [2.75, 3.05) is 0 Å². The Hall–Kier alpha value is -3.58. The fourth-order valence-electron chi connectivity index (χ4n) is 2.82. The van der Waals surface area contributed by atoms with Crippen molar-refractivity contribution in [3.63, 3.8) is 0 Å². The predicted molar refractivity (Wildman–Crippen MR) is 110 cm³/mol. The van der Waals surface area contributed by atoms with E-state index in [-0.39, 0.29) is 11.6 Å². The smallest absolute Gasteiger partial charge is 0.215 e. The number of nitrogens with zero attached hydrogens (tertiary/aromatic N) is 4. The number of rotatable bonds is 7. The molecule has 0 atom stereocenters. The van der Waals surface area contributed by atoms with Crippen LogP contribution in [0, 0.1) is 0 Å². The number of hydrogen-bond donors (Lipinski definition) is 0. The van der Waals surface area contributed by atoms with Gasteiger partial charge in [-0.3, -0.25) is 9.59 Å². The molecule has 0 amide bonds. The topological polar surface area (TPSA) is 77.7 Å². The summed E-state index contributed by atoms with van der Waals surface area (Å²) in [5, 5.41) is 11.2. The molecule has 0 aliphatic heterocycles. The summed E-state index contributed by atoms with van der Waals surface area (Å²) in [6.45, 7) is 0. The zero-order chi connectivity index (χ0) is 20.1. The maximum Gasteiger partial charge on any atom is 0.215 e. The van der Waals surface area contributed by atoms with Gasteiger partial charge in [0.05, 0.1) is 5.69 Å². The van der Waals surface area contributed by atoms with Gasteiger partial charge in [0.25, 0.3) is 0 Å². The van der Waals surface area contributed by atoms with E-state index < -0.39 is 5.25 Å². The van der Waals surface area contributed by atoms with Gasteiger partial charge in [0.1, 0.15) is 5.25 Å². The first kappa shape index (κ1) is 18.8. The molecule has 0 aliphatic rings. The molecule has 0 radical (unpaired) electrons. The summed E-state index contributed by atoms with van der Waals surface area (Å²) in [6, 6.07) is 26.9. The highest BCUT2D eigenvalue weighted by atomic mass is 32.2. The van der Waals surface area contributed by atoms with E-state index in [1.54, 1.807) is 48.5 Å². The first-order valence-corrected chi connectivity index (χ1v) is 9.81. The molecule has 1 heterocycles. The van der Waals surface area contributed by atoms with Gasteiger partial charge in [0.15, 0.2) is 11.6 Å². The quantitative estimate of drug-likeness (QED) is 0.266. The molecule has 0 saturated carbocycles. The summed E-state index contributed by atoms with van der Waals surface area (Å²) < 4.78 is 1.52. The predicted octanol–water partition coefficient (Wildman–Crippen LogP) is 3.89. The van der Waals surface area contributed by atoms with Crippen LogP contribution in [0.4, 0.5) is 0 Å². The Morgan fingerprint density at radius 1 is 0.724 bits per heavy atom. The summed E-state index contributed by atoms with van der Waals surface area (Å²) in [5.74, 6) is -0.570. The number of carbonyl (C=O) groups excluding carboxylic acids is 2. The fourth-order valence-corrected chi connectivity index (χ4v) is 3.85. The van der Waals surface area contributed by atoms with Gasteiger partial charge in [0.2, 0.25) is 5.16 Å². The van der Waals surface area contributed by atoms with E-state index in [0.29, 0.717) is 16.3 Å². The third-order valence-electron chi connectivity index (χ3n) is 4.26. The maximum absolute atomic E-state index is 13.2. The normalized spacial score (nSPS) is 10.8. The molecular weight excluding hydrogens is 384 g/mol. The van der Waals surface area contributed by atoms with Crippen LogP contribution >= 0.6 is 11.8 Å². The van der Waals surface area contributed by atoms with E-state index in [1.165, 1.54) is 4.68 Å². The molecule has 0 bridgehead atoms. The number of para-hydroxylation sites is 1. The minimum atomic E-state index is -1.01. The molecule has 1 aromatic heterocycles. The Balaban J connectivity index is 1.71. The molecule has 0 spiro atoms. The van der Waals surface area contributed by atoms with Crippen LogP contribution in [0.1, 0.15) is 20.7 Å². The molecule has 142 valence electrons. The van der Waals surface area contributed by atoms with Gasteiger partial charge >= 0.3 is 0 Å². The average molecular weight is 400 g/mol. The number of benzene rings is 3. The van der Waals surface area contributed by atoms with Crippen LogP contribution in [0.2, 0.25) is 0 Å². The Labute approximate surface area is 171 Å². The Kier molecular flexibility index (Phi) is 5.58. The van der Waals surface area contributed by atoms with E-state index in [1.807, 2.05) is 42.5 Å². The number of tetrazole rings is 1. The third-order valence-corrected chi connectivity index (χ3v) is 5.39. The number of hydrogen-bond acceptors (Lipinski definition) is 6. The van der Waals surface area contributed by atoms with Gasteiger partial charge in [-0.1, -0.05) is 90.6 Å². The molecule has 4 aromatic rings. The number of aromatic nitrogens is 4. The second-order valence-electron chi connectivity index (χ2n) is 6.17. The second kappa shape index (κ2) is 8.62. The third kappa shape index (κ3) is 4.14. The maximum atomic E-state index is 13.2. The lowest BCUT2D eigenvalue weighted by Gasteiger charge is -2.14. The average Bonchev–Trinajstić information content (AvgIpc) is 3.27. The lowest BCUT2D eigenvalue weighted by Crippen LogP contribution is -2.28. The van der Waals surface area contributed by atoms with Gasteiger partial charge in [-0.05, 0) is 22.6 Å². The zero-order valence-corrected chi connectivity index (χ0v) is 16.1. The zero-order valence-electron chi connectivity index (χ0n) is 15.3. The van der Waals surface area contributed by atoms with E-state index in [4.69, 9.17) is 0 Å². The molecule has 0 N–H and O–H groups in total. The lowest BCUT2D eigenvalue weighted by molar-refractivity contribution is 0.0903. The van der Waals surface area contributed by atoms with Crippen molar-refractivity contribution in [1.29, 1.82) is 0 Å². The summed E-state index contributed by atoms with van der Waals surface area (Å²) in [7, 11) is 0. The molecule has 7 heteroatoms. The van der Waals surface area contributed by atoms with Crippen LogP contribution < -0.4 is 0 Å². The van der Waals surface area contributed by atoms with Crippen molar-refractivity contribution in [3.8, 4) is 5.69 Å². The molecule has 29 heavy (non-hydrogen) atoms. The van der Waals surface area contributed by atoms with Crippen LogP contribution in [-0.2, 0) is 0 Å². The number of Topliss-reactive ketones (excluding diaryl/α,β-unsaturated/α-hetero) is 2. The Morgan fingerprint density at radius 2 is 1.21 bits per heavy atom. The lowest BCUT2D eigenvalue weighted by atomic mass is 10.0. The Bertz CT molecular complexity index is 1060. The Morgan fingerprint density at radius 3 is 1.72 bits per heavy atom. The molecule has 0 saturated heterocycles. The molecule has 0 unspecified atom stereocenters. The molecule has 0 fully saturated rings. The molecule has 6 nitrogen and oxygen atoms in total. The van der Waals surface area contributed by atoms with Crippen molar-refractivity contribution in [3.05, 3.63) is 102 Å². The molecular formula is C22H16N4O2S. The number of thioether (sulfide) groups is 1. The van der Waals surface area contributed by atoms with Gasteiger partial charge in [0, 0.05) is 11.1 Å². The fraction of sp³-hybridized carbons (Fsp3) is 0.0455. The minimum absolute atomic E-state index is 0.285. The summed E-state index contributed by atoms with van der Waals surface area (Å²) in [5.41, 5.74) is 1.68. The van der Waals surface area contributed by atoms with Crippen LogP contribution in [0.25, 0.3) is 5.69 Å². The van der Waals surface area contributed by atoms with Crippen molar-refractivity contribution >= 4 is 23.3 Å². The van der Waals surface area contributed by atoms with E-state index in [0.717, 1.165) is 17.4 Å². The van der Waals surface area contributed by atoms with Gasteiger partial charge in [-0.15, -0.1) is 5.10 Å². The summed E-state index contributed by atoms with van der Waals surface area (Å²) in [4.78, 5) is 26.4. The number of ketones is 2. The summed E-state index contributed by atoms with van der Waals surface area (Å²) >= 11 is 1.05. The van der Waals surface area contributed by atoms with Gasteiger partial charge in [-0.2, -0.15) is 4.68 Å². The van der Waals surface area contributed by atoms with E-state index in [2.05, 4.69) is 15.5 Å². The first-order valence-electron chi connectivity index (χ1n) is 8.93.